The van der Waals surface area contributed by atoms with Gasteiger partial charge in [0.2, 0.25) is 5.91 Å². The van der Waals surface area contributed by atoms with Crippen molar-refractivity contribution >= 4 is 29.7 Å². The predicted octanol–water partition coefficient (Wildman–Crippen LogP) is 2.47. The van der Waals surface area contributed by atoms with Gasteiger partial charge < -0.3 is 4.74 Å². The van der Waals surface area contributed by atoms with E-state index in [9.17, 15) is 14.4 Å². The van der Waals surface area contributed by atoms with E-state index in [1.54, 1.807) is 25.3 Å². The van der Waals surface area contributed by atoms with E-state index in [1.807, 2.05) is 37.3 Å². The summed E-state index contributed by atoms with van der Waals surface area (Å²) < 4.78 is 5.26. The molecule has 0 aliphatic carbocycles. The van der Waals surface area contributed by atoms with Gasteiger partial charge in [-0.1, -0.05) is 30.3 Å². The van der Waals surface area contributed by atoms with Crippen LogP contribution < -0.4 is 15.0 Å². The molecule has 3 rings (SSSR count). The Morgan fingerprint density at radius 1 is 1.15 bits per heavy atom. The number of nitrogens with one attached hydrogen (secondary N) is 1. The number of carbonyl (C=O) groups excluding carboxylic acids is 3. The van der Waals surface area contributed by atoms with E-state index in [2.05, 4.69) is 10.3 Å². The van der Waals surface area contributed by atoms with Gasteiger partial charge in [-0.15, -0.1) is 0 Å². The molecule has 0 aromatic heterocycles. The minimum atomic E-state index is -1.17. The van der Waals surface area contributed by atoms with Crippen molar-refractivity contribution in [1.82, 2.24) is 5.32 Å². The zero-order valence-corrected chi connectivity index (χ0v) is 15.0. The number of imide groups is 2. The first-order valence-corrected chi connectivity index (χ1v) is 8.38. The SMILES string of the molecule is COc1ccccc1CN=C[C@H]1C(=O)NC(=O)N(c2cccc(C)c2)C1=O. The lowest BCUT2D eigenvalue weighted by Crippen LogP contribution is -2.58. The number of urea groups is 1. The first-order valence-electron chi connectivity index (χ1n) is 8.38. The number of amides is 4. The van der Waals surface area contributed by atoms with Crippen molar-refractivity contribution in [2.45, 2.75) is 13.5 Å². The van der Waals surface area contributed by atoms with E-state index in [1.165, 1.54) is 6.21 Å². The number of nitrogens with zero attached hydrogens (tertiary/aromatic N) is 2. The van der Waals surface area contributed by atoms with Crippen LogP contribution in [0.4, 0.5) is 10.5 Å². The van der Waals surface area contributed by atoms with E-state index in [0.29, 0.717) is 11.4 Å². The molecule has 1 aliphatic heterocycles. The number of methoxy groups -OCH3 is 1. The van der Waals surface area contributed by atoms with Crippen molar-refractivity contribution in [3.05, 3.63) is 59.7 Å². The van der Waals surface area contributed by atoms with E-state index in [0.717, 1.165) is 16.0 Å². The molecule has 1 atom stereocenters. The van der Waals surface area contributed by atoms with Gasteiger partial charge in [-0.05, 0) is 30.7 Å². The van der Waals surface area contributed by atoms with Gasteiger partial charge in [0.05, 0.1) is 19.3 Å². The Hall–Kier alpha value is -3.48. The third-order valence-electron chi connectivity index (χ3n) is 4.17. The van der Waals surface area contributed by atoms with Crippen LogP contribution in [0.3, 0.4) is 0 Å². The van der Waals surface area contributed by atoms with Gasteiger partial charge in [0, 0.05) is 11.8 Å². The van der Waals surface area contributed by atoms with Crippen molar-refractivity contribution < 1.29 is 19.1 Å². The number of benzene rings is 2. The summed E-state index contributed by atoms with van der Waals surface area (Å²) in [5, 5.41) is 2.21. The first-order chi connectivity index (χ1) is 13.0. The molecule has 0 radical (unpaired) electrons. The number of barbiturate groups is 1. The Kier molecular flexibility index (Phi) is 5.30. The van der Waals surface area contributed by atoms with Crippen LogP contribution in [0.5, 0.6) is 5.75 Å². The molecule has 2 aromatic rings. The normalized spacial score (nSPS) is 17.3. The summed E-state index contributed by atoms with van der Waals surface area (Å²) >= 11 is 0. The van der Waals surface area contributed by atoms with Crippen molar-refractivity contribution in [3.63, 3.8) is 0 Å². The zero-order valence-electron chi connectivity index (χ0n) is 15.0. The molecular formula is C20H19N3O4. The number of hydrogen-bond donors (Lipinski definition) is 1. The highest BCUT2D eigenvalue weighted by Gasteiger charge is 2.40. The van der Waals surface area contributed by atoms with E-state index in [4.69, 9.17) is 4.74 Å². The average molecular weight is 365 g/mol. The van der Waals surface area contributed by atoms with Gasteiger partial charge in [-0.2, -0.15) is 0 Å². The molecule has 1 aliphatic rings. The molecule has 7 nitrogen and oxygen atoms in total. The average Bonchev–Trinajstić information content (AvgIpc) is 2.64. The van der Waals surface area contributed by atoms with Crippen molar-refractivity contribution in [2.75, 3.05) is 12.0 Å². The fourth-order valence-electron chi connectivity index (χ4n) is 2.82. The fraction of sp³-hybridized carbons (Fsp3) is 0.200. The van der Waals surface area contributed by atoms with Crippen LogP contribution in [0.15, 0.2) is 53.5 Å². The van der Waals surface area contributed by atoms with Crippen LogP contribution in [0, 0.1) is 12.8 Å². The molecule has 0 saturated carbocycles. The van der Waals surface area contributed by atoms with E-state index < -0.39 is 23.8 Å². The van der Waals surface area contributed by atoms with Gasteiger partial charge in [0.1, 0.15) is 5.75 Å². The molecule has 138 valence electrons. The van der Waals surface area contributed by atoms with Gasteiger partial charge in [-0.25, -0.2) is 9.69 Å². The molecule has 0 spiro atoms. The highest BCUT2D eigenvalue weighted by molar-refractivity contribution is 6.32. The highest BCUT2D eigenvalue weighted by atomic mass is 16.5. The lowest BCUT2D eigenvalue weighted by atomic mass is 10.1. The Morgan fingerprint density at radius 2 is 1.93 bits per heavy atom. The van der Waals surface area contributed by atoms with Crippen LogP contribution in [0.2, 0.25) is 0 Å². The molecule has 0 bridgehead atoms. The number of hydrogen-bond acceptors (Lipinski definition) is 5. The van der Waals surface area contributed by atoms with Gasteiger partial charge in [0.15, 0.2) is 5.92 Å². The first kappa shape index (κ1) is 18.3. The maximum atomic E-state index is 12.8. The number of para-hydroxylation sites is 1. The minimum absolute atomic E-state index is 0.249. The summed E-state index contributed by atoms with van der Waals surface area (Å²) in [7, 11) is 1.56. The monoisotopic (exact) mass is 365 g/mol. The molecule has 1 fully saturated rings. The maximum Gasteiger partial charge on any atom is 0.335 e. The van der Waals surface area contributed by atoms with Crippen LogP contribution in [-0.4, -0.2) is 31.2 Å². The van der Waals surface area contributed by atoms with Crippen LogP contribution in [-0.2, 0) is 16.1 Å². The predicted molar refractivity (Wildman–Crippen MR) is 101 cm³/mol. The summed E-state index contributed by atoms with van der Waals surface area (Å²) in [6.07, 6.45) is 1.28. The number of aryl methyl sites for hydroxylation is 1. The third kappa shape index (κ3) is 3.87. The molecule has 1 heterocycles. The highest BCUT2D eigenvalue weighted by Crippen LogP contribution is 2.22. The smallest absolute Gasteiger partial charge is 0.335 e. The molecule has 1 saturated heterocycles. The largest absolute Gasteiger partial charge is 0.496 e. The Balaban J connectivity index is 1.81. The van der Waals surface area contributed by atoms with Crippen molar-refractivity contribution in [2.24, 2.45) is 10.9 Å². The van der Waals surface area contributed by atoms with E-state index >= 15 is 0 Å². The number of aliphatic imine (C=N–C) groups is 1. The second kappa shape index (κ2) is 7.82. The Morgan fingerprint density at radius 3 is 2.67 bits per heavy atom. The molecule has 1 N–H and O–H groups in total. The number of rotatable bonds is 5. The summed E-state index contributed by atoms with van der Waals surface area (Å²) in [5.74, 6) is -1.81. The minimum Gasteiger partial charge on any atom is -0.496 e. The standard InChI is InChI=1S/C20H19N3O4/c1-13-6-5-8-15(10-13)23-19(25)16(18(24)22-20(23)26)12-21-11-14-7-3-4-9-17(14)27-2/h3-10,12,16H,11H2,1-2H3,(H,22,24,26)/t16-/m0/s1. The summed E-state index contributed by atoms with van der Waals surface area (Å²) in [6.45, 7) is 2.10. The Bertz CT molecular complexity index is 923. The maximum absolute atomic E-state index is 12.8. The number of ether oxygens (including phenoxy) is 1. The van der Waals surface area contributed by atoms with Gasteiger partial charge >= 0.3 is 6.03 Å². The van der Waals surface area contributed by atoms with Crippen LogP contribution in [0.25, 0.3) is 0 Å². The molecule has 7 heteroatoms. The summed E-state index contributed by atoms with van der Waals surface area (Å²) in [6, 6.07) is 13.5. The lowest BCUT2D eigenvalue weighted by Gasteiger charge is -2.28. The third-order valence-corrected chi connectivity index (χ3v) is 4.17. The number of carbonyl (C=O) groups is 3. The molecule has 27 heavy (non-hydrogen) atoms. The molecule has 0 unspecified atom stereocenters. The molecular weight excluding hydrogens is 346 g/mol. The van der Waals surface area contributed by atoms with Crippen LogP contribution >= 0.6 is 0 Å². The van der Waals surface area contributed by atoms with Crippen molar-refractivity contribution in [1.29, 1.82) is 0 Å². The van der Waals surface area contributed by atoms with Crippen molar-refractivity contribution in [3.8, 4) is 5.75 Å². The Labute approximate surface area is 156 Å². The second-order valence-electron chi connectivity index (χ2n) is 6.09. The number of anilines is 1. The quantitative estimate of drug-likeness (QED) is 0.651. The van der Waals surface area contributed by atoms with E-state index in [-0.39, 0.29) is 6.54 Å². The zero-order chi connectivity index (χ0) is 19.4. The van der Waals surface area contributed by atoms with Gasteiger partial charge in [0.25, 0.3) is 5.91 Å². The fourth-order valence-corrected chi connectivity index (χ4v) is 2.82. The summed E-state index contributed by atoms with van der Waals surface area (Å²) in [5.41, 5.74) is 2.13. The summed E-state index contributed by atoms with van der Waals surface area (Å²) in [4.78, 5) is 42.2. The van der Waals surface area contributed by atoms with Gasteiger partial charge in [-0.3, -0.25) is 19.9 Å². The molecule has 2 aromatic carbocycles. The second-order valence-corrected chi connectivity index (χ2v) is 6.09. The molecule has 4 amide bonds. The topological polar surface area (TPSA) is 88.1 Å². The lowest BCUT2D eigenvalue weighted by molar-refractivity contribution is -0.131. The van der Waals surface area contributed by atoms with Crippen LogP contribution in [0.1, 0.15) is 11.1 Å².